The second-order valence-electron chi connectivity index (χ2n) is 5.98. The molecule has 1 atom stereocenters. The van der Waals surface area contributed by atoms with E-state index in [0.29, 0.717) is 11.4 Å². The molecule has 0 radical (unpaired) electrons. The van der Waals surface area contributed by atoms with E-state index in [1.165, 1.54) is 18.2 Å². The van der Waals surface area contributed by atoms with E-state index in [-0.39, 0.29) is 12.2 Å². The van der Waals surface area contributed by atoms with E-state index in [2.05, 4.69) is 26.2 Å². The van der Waals surface area contributed by atoms with Gasteiger partial charge in [-0.3, -0.25) is 20.4 Å². The molecule has 3 amide bonds. The molecule has 8 nitrogen and oxygen atoms in total. The number of cyclic esters (lactones) is 1. The number of ether oxygens (including phenoxy) is 1. The molecule has 11 heteroatoms. The summed E-state index contributed by atoms with van der Waals surface area (Å²) in [5, 5.41) is 5.12. The maximum atomic E-state index is 12.7. The molecule has 1 fully saturated rings. The van der Waals surface area contributed by atoms with Crippen LogP contribution in [0.3, 0.4) is 0 Å². The second-order valence-corrected chi connectivity index (χ2v) is 5.98. The van der Waals surface area contributed by atoms with Gasteiger partial charge in [-0.1, -0.05) is 12.1 Å². The van der Waals surface area contributed by atoms with Crippen LogP contribution in [0.25, 0.3) is 0 Å². The Balaban J connectivity index is 1.66. The van der Waals surface area contributed by atoms with E-state index >= 15 is 0 Å². The first kappa shape index (κ1) is 20.0. The Labute approximate surface area is 162 Å². The number of benzene rings is 2. The van der Waals surface area contributed by atoms with Crippen molar-refractivity contribution in [1.82, 2.24) is 16.2 Å². The van der Waals surface area contributed by atoms with Gasteiger partial charge in [-0.25, -0.2) is 4.79 Å². The molecule has 0 bridgehead atoms. The number of rotatable bonds is 4. The first-order valence-electron chi connectivity index (χ1n) is 8.31. The molecule has 2 aromatic carbocycles. The monoisotopic (exact) mass is 408 g/mol. The predicted octanol–water partition coefficient (Wildman–Crippen LogP) is 2.32. The molecule has 1 aliphatic heterocycles. The average Bonchev–Trinajstić information content (AvgIpc) is 3.12. The number of amides is 3. The van der Waals surface area contributed by atoms with E-state index in [4.69, 9.17) is 0 Å². The number of hydrogen-bond donors (Lipinski definition) is 4. The molecular weight excluding hydrogens is 393 g/mol. The van der Waals surface area contributed by atoms with Crippen molar-refractivity contribution < 1.29 is 32.3 Å². The van der Waals surface area contributed by atoms with Gasteiger partial charge in [-0.15, -0.1) is 0 Å². The summed E-state index contributed by atoms with van der Waals surface area (Å²) in [5.74, 6) is -1.34. The quantitative estimate of drug-likeness (QED) is 0.581. The molecule has 3 rings (SSSR count). The Morgan fingerprint density at radius 1 is 1.03 bits per heavy atom. The zero-order valence-corrected chi connectivity index (χ0v) is 14.7. The van der Waals surface area contributed by atoms with Crippen molar-refractivity contribution in [2.75, 3.05) is 11.9 Å². The Hall–Kier alpha value is -3.76. The summed E-state index contributed by atoms with van der Waals surface area (Å²) < 4.78 is 42.6. The van der Waals surface area contributed by atoms with Crippen LogP contribution < -0.4 is 21.5 Å². The fourth-order valence-electron chi connectivity index (χ4n) is 2.49. The van der Waals surface area contributed by atoms with Crippen LogP contribution in [0.15, 0.2) is 48.5 Å². The van der Waals surface area contributed by atoms with Crippen LogP contribution in [-0.2, 0) is 15.7 Å². The molecule has 0 aliphatic carbocycles. The molecule has 1 unspecified atom stereocenters. The van der Waals surface area contributed by atoms with Gasteiger partial charge in [0.1, 0.15) is 12.6 Å². The Bertz CT molecular complexity index is 931. The third-order valence-corrected chi connectivity index (χ3v) is 3.95. The maximum absolute atomic E-state index is 12.7. The third kappa shape index (κ3) is 4.94. The lowest BCUT2D eigenvalue weighted by atomic mass is 10.1. The summed E-state index contributed by atoms with van der Waals surface area (Å²) in [6, 6.07) is 9.63. The smallest absolute Gasteiger partial charge is 0.416 e. The van der Waals surface area contributed by atoms with Crippen molar-refractivity contribution in [3.05, 3.63) is 59.7 Å². The molecule has 1 aliphatic rings. The van der Waals surface area contributed by atoms with Crippen molar-refractivity contribution >= 4 is 29.3 Å². The minimum absolute atomic E-state index is 0.138. The highest BCUT2D eigenvalue weighted by molar-refractivity contribution is 6.01. The van der Waals surface area contributed by atoms with Gasteiger partial charge >= 0.3 is 12.3 Å². The minimum atomic E-state index is -4.45. The predicted molar refractivity (Wildman–Crippen MR) is 95.0 cm³/mol. The third-order valence-electron chi connectivity index (χ3n) is 3.95. The topological polar surface area (TPSA) is 109 Å². The zero-order valence-electron chi connectivity index (χ0n) is 14.7. The van der Waals surface area contributed by atoms with Crippen molar-refractivity contribution in [2.45, 2.75) is 12.2 Å². The first-order chi connectivity index (χ1) is 13.7. The van der Waals surface area contributed by atoms with Gasteiger partial charge in [0.2, 0.25) is 0 Å². The van der Waals surface area contributed by atoms with E-state index in [1.807, 2.05) is 0 Å². The van der Waals surface area contributed by atoms with Crippen LogP contribution in [0.2, 0.25) is 0 Å². The summed E-state index contributed by atoms with van der Waals surface area (Å²) in [5.41, 5.74) is 4.39. The zero-order chi connectivity index (χ0) is 21.0. The van der Waals surface area contributed by atoms with Crippen LogP contribution in [0.5, 0.6) is 0 Å². The lowest BCUT2D eigenvalue weighted by Crippen LogP contribution is -2.50. The number of nitrogens with one attached hydrogen (secondary N) is 4. The lowest BCUT2D eigenvalue weighted by Gasteiger charge is -2.14. The SMILES string of the molecule is O=C1NC(C(=O)NNC(=O)c2ccccc2Nc2ccc(C(F)(F)F)cc2)CO1. The normalized spacial score (nSPS) is 15.8. The number of anilines is 2. The number of hydrogen-bond acceptors (Lipinski definition) is 5. The number of para-hydroxylation sites is 1. The summed E-state index contributed by atoms with van der Waals surface area (Å²) in [7, 11) is 0. The van der Waals surface area contributed by atoms with Crippen molar-refractivity contribution in [3.8, 4) is 0 Å². The van der Waals surface area contributed by atoms with E-state index < -0.39 is 35.7 Å². The van der Waals surface area contributed by atoms with Crippen LogP contribution in [0, 0.1) is 0 Å². The van der Waals surface area contributed by atoms with Crippen LogP contribution >= 0.6 is 0 Å². The van der Waals surface area contributed by atoms with Crippen molar-refractivity contribution in [3.63, 3.8) is 0 Å². The van der Waals surface area contributed by atoms with Gasteiger partial charge < -0.3 is 15.4 Å². The van der Waals surface area contributed by atoms with Gasteiger partial charge in [0.25, 0.3) is 11.8 Å². The van der Waals surface area contributed by atoms with Gasteiger partial charge in [-0.05, 0) is 36.4 Å². The summed E-state index contributed by atoms with van der Waals surface area (Å²) in [4.78, 5) is 35.2. The van der Waals surface area contributed by atoms with Crippen molar-refractivity contribution in [1.29, 1.82) is 0 Å². The van der Waals surface area contributed by atoms with Gasteiger partial charge in [0.05, 0.1) is 16.8 Å². The fourth-order valence-corrected chi connectivity index (χ4v) is 2.49. The van der Waals surface area contributed by atoms with Gasteiger partial charge in [-0.2, -0.15) is 13.2 Å². The highest BCUT2D eigenvalue weighted by Crippen LogP contribution is 2.30. The molecule has 0 spiro atoms. The molecular formula is C18H15F3N4O4. The number of halogens is 3. The lowest BCUT2D eigenvalue weighted by molar-refractivity contribution is -0.137. The molecule has 152 valence electrons. The largest absolute Gasteiger partial charge is 0.447 e. The molecule has 29 heavy (non-hydrogen) atoms. The van der Waals surface area contributed by atoms with Crippen molar-refractivity contribution in [2.24, 2.45) is 0 Å². The highest BCUT2D eigenvalue weighted by Gasteiger charge is 2.30. The fraction of sp³-hybridized carbons (Fsp3) is 0.167. The van der Waals surface area contributed by atoms with Gasteiger partial charge in [0, 0.05) is 5.69 Å². The van der Waals surface area contributed by atoms with Crippen LogP contribution in [-0.4, -0.2) is 30.6 Å². The molecule has 0 saturated carbocycles. The standard InChI is InChI=1S/C18H15F3N4O4/c19-18(20,21)10-5-7-11(8-6-10)22-13-4-2-1-3-12(13)15(26)24-25-16(27)14-9-29-17(28)23-14/h1-8,14,22H,9H2,(H,23,28)(H,24,26)(H,25,27). The summed E-state index contributed by atoms with van der Waals surface area (Å²) >= 11 is 0. The Morgan fingerprint density at radius 3 is 2.34 bits per heavy atom. The highest BCUT2D eigenvalue weighted by atomic mass is 19.4. The second kappa shape index (κ2) is 8.09. The van der Waals surface area contributed by atoms with Crippen LogP contribution in [0.4, 0.5) is 29.3 Å². The Kier molecular flexibility index (Phi) is 5.57. The van der Waals surface area contributed by atoms with E-state index in [9.17, 15) is 27.6 Å². The van der Waals surface area contributed by atoms with E-state index in [0.717, 1.165) is 12.1 Å². The minimum Gasteiger partial charge on any atom is -0.447 e. The van der Waals surface area contributed by atoms with Gasteiger partial charge in [0.15, 0.2) is 0 Å². The number of hydrazine groups is 1. The number of carbonyl (C=O) groups excluding carboxylic acids is 3. The summed E-state index contributed by atoms with van der Waals surface area (Å²) in [6.45, 7) is -0.160. The maximum Gasteiger partial charge on any atom is 0.416 e. The number of alkyl carbamates (subject to hydrolysis) is 1. The summed E-state index contributed by atoms with van der Waals surface area (Å²) in [6.07, 6.45) is -5.18. The number of carbonyl (C=O) groups is 3. The molecule has 1 saturated heterocycles. The average molecular weight is 408 g/mol. The molecule has 2 aromatic rings. The number of alkyl halides is 3. The first-order valence-corrected chi connectivity index (χ1v) is 8.31. The van der Waals surface area contributed by atoms with E-state index in [1.54, 1.807) is 18.2 Å². The van der Waals surface area contributed by atoms with Crippen LogP contribution in [0.1, 0.15) is 15.9 Å². The molecule has 1 heterocycles. The molecule has 0 aromatic heterocycles. The molecule has 4 N–H and O–H groups in total. The Morgan fingerprint density at radius 2 is 1.72 bits per heavy atom.